The first-order valence-corrected chi connectivity index (χ1v) is 11.3. The largest absolute Gasteiger partial charge is 0.494 e. The minimum Gasteiger partial charge on any atom is -0.494 e. The van der Waals surface area contributed by atoms with Crippen molar-refractivity contribution in [1.29, 1.82) is 0 Å². The number of fused-ring (bicyclic) bond motifs is 3. The van der Waals surface area contributed by atoms with Crippen molar-refractivity contribution in [2.24, 2.45) is 0 Å². The average Bonchev–Trinajstić information content (AvgIpc) is 3.20. The number of aromatic nitrogens is 4. The number of thioether (sulfide) groups is 1. The molecule has 0 aliphatic carbocycles. The molecule has 0 spiro atoms. The molecule has 2 aromatic carbocycles. The second kappa shape index (κ2) is 8.93. The second-order valence-corrected chi connectivity index (χ2v) is 8.13. The van der Waals surface area contributed by atoms with Crippen LogP contribution < -0.4 is 10.3 Å². The number of rotatable bonds is 8. The monoisotopic (exact) mass is 436 g/mol. The van der Waals surface area contributed by atoms with Crippen LogP contribution in [0.15, 0.2) is 52.4 Å². The van der Waals surface area contributed by atoms with E-state index in [9.17, 15) is 9.59 Å². The van der Waals surface area contributed by atoms with Crippen molar-refractivity contribution in [3.05, 3.63) is 63.9 Å². The molecule has 31 heavy (non-hydrogen) atoms. The number of Topliss-reactive ketones (excluding diaryl/α,β-unsaturated/α-hetero) is 1. The molecule has 0 radical (unpaired) electrons. The van der Waals surface area contributed by atoms with Crippen molar-refractivity contribution in [1.82, 2.24) is 19.2 Å². The van der Waals surface area contributed by atoms with Gasteiger partial charge in [0, 0.05) is 23.4 Å². The fraction of sp³-hybridized carbons (Fsp3) is 0.304. The third-order valence-corrected chi connectivity index (χ3v) is 6.03. The van der Waals surface area contributed by atoms with Crippen LogP contribution >= 0.6 is 11.8 Å². The number of para-hydroxylation sites is 1. The van der Waals surface area contributed by atoms with Gasteiger partial charge in [0.25, 0.3) is 5.56 Å². The summed E-state index contributed by atoms with van der Waals surface area (Å²) >= 11 is 1.50. The number of ketones is 1. The van der Waals surface area contributed by atoms with Crippen LogP contribution in [0.1, 0.15) is 43.1 Å². The molecule has 0 aliphatic rings. The van der Waals surface area contributed by atoms with Gasteiger partial charge in [0.15, 0.2) is 10.9 Å². The Hall–Kier alpha value is -3.13. The van der Waals surface area contributed by atoms with Crippen molar-refractivity contribution in [2.45, 2.75) is 44.6 Å². The molecular formula is C23H24N4O3S. The summed E-state index contributed by atoms with van der Waals surface area (Å²) < 4.78 is 9.37. The van der Waals surface area contributed by atoms with Gasteiger partial charge in [-0.3, -0.25) is 18.6 Å². The van der Waals surface area contributed by atoms with Gasteiger partial charge in [-0.15, -0.1) is 10.2 Å². The molecule has 2 heterocycles. The maximum absolute atomic E-state index is 13.0. The third kappa shape index (κ3) is 3.95. The number of carbonyl (C=O) groups excluding carboxylic acids is 1. The van der Waals surface area contributed by atoms with Gasteiger partial charge in [0.2, 0.25) is 5.78 Å². The van der Waals surface area contributed by atoms with Crippen LogP contribution in [0.4, 0.5) is 0 Å². The van der Waals surface area contributed by atoms with Gasteiger partial charge in [-0.2, -0.15) is 0 Å². The maximum atomic E-state index is 13.0. The number of nitrogens with zero attached hydrogens (tertiary/aromatic N) is 4. The maximum Gasteiger partial charge on any atom is 0.262 e. The lowest BCUT2D eigenvalue weighted by Crippen LogP contribution is -2.23. The highest BCUT2D eigenvalue weighted by molar-refractivity contribution is 7.98. The SMILES string of the molecule is CCCn1c(=O)c2ccccc2n2c(SCc3cc(C(C)=O)ccc3OCC)nnc12. The summed E-state index contributed by atoms with van der Waals surface area (Å²) in [5.74, 6) is 1.85. The molecule has 2 aromatic heterocycles. The minimum atomic E-state index is -0.0540. The molecule has 0 N–H and O–H groups in total. The Morgan fingerprint density at radius 2 is 1.94 bits per heavy atom. The van der Waals surface area contributed by atoms with Gasteiger partial charge in [0.05, 0.1) is 17.5 Å². The molecule has 0 saturated heterocycles. The molecule has 0 aliphatic heterocycles. The number of hydrogen-bond acceptors (Lipinski definition) is 6. The first-order valence-electron chi connectivity index (χ1n) is 10.3. The molecular weight excluding hydrogens is 412 g/mol. The molecule has 7 nitrogen and oxygen atoms in total. The van der Waals surface area contributed by atoms with Gasteiger partial charge in [-0.25, -0.2) is 0 Å². The molecule has 160 valence electrons. The molecule has 0 bridgehead atoms. The van der Waals surface area contributed by atoms with E-state index >= 15 is 0 Å². The van der Waals surface area contributed by atoms with E-state index in [2.05, 4.69) is 10.2 Å². The molecule has 0 unspecified atom stereocenters. The van der Waals surface area contributed by atoms with Crippen LogP contribution in [0.3, 0.4) is 0 Å². The first kappa shape index (κ1) is 21.1. The highest BCUT2D eigenvalue weighted by atomic mass is 32.2. The Labute approximate surface area is 184 Å². The lowest BCUT2D eigenvalue weighted by atomic mass is 10.1. The van der Waals surface area contributed by atoms with Crippen molar-refractivity contribution < 1.29 is 9.53 Å². The molecule has 0 saturated carbocycles. The number of hydrogen-bond donors (Lipinski definition) is 0. The van der Waals surface area contributed by atoms with Gasteiger partial charge < -0.3 is 4.74 Å². The fourth-order valence-corrected chi connectivity index (χ4v) is 4.52. The normalized spacial score (nSPS) is 11.3. The highest BCUT2D eigenvalue weighted by Gasteiger charge is 2.17. The molecule has 0 atom stereocenters. The highest BCUT2D eigenvalue weighted by Crippen LogP contribution is 2.30. The van der Waals surface area contributed by atoms with E-state index in [-0.39, 0.29) is 11.3 Å². The molecule has 8 heteroatoms. The van der Waals surface area contributed by atoms with Crippen LogP contribution in [-0.2, 0) is 12.3 Å². The van der Waals surface area contributed by atoms with E-state index in [0.717, 1.165) is 23.3 Å². The predicted octanol–water partition coefficient (Wildman–Crippen LogP) is 4.35. The van der Waals surface area contributed by atoms with E-state index in [1.165, 1.54) is 11.8 Å². The Bertz CT molecular complexity index is 1330. The summed E-state index contributed by atoms with van der Waals surface area (Å²) in [5, 5.41) is 10.0. The zero-order valence-corrected chi connectivity index (χ0v) is 18.6. The summed E-state index contributed by atoms with van der Waals surface area (Å²) in [5.41, 5.74) is 2.29. The van der Waals surface area contributed by atoms with Crippen molar-refractivity contribution >= 4 is 34.2 Å². The number of carbonyl (C=O) groups is 1. The summed E-state index contributed by atoms with van der Waals surface area (Å²) in [6, 6.07) is 13.0. The summed E-state index contributed by atoms with van der Waals surface area (Å²) in [4.78, 5) is 24.8. The van der Waals surface area contributed by atoms with Crippen molar-refractivity contribution in [3.63, 3.8) is 0 Å². The summed E-state index contributed by atoms with van der Waals surface area (Å²) in [7, 11) is 0. The Balaban J connectivity index is 1.79. The van der Waals surface area contributed by atoms with Crippen LogP contribution in [-0.4, -0.2) is 31.6 Å². The molecule has 4 aromatic rings. The topological polar surface area (TPSA) is 78.5 Å². The van der Waals surface area contributed by atoms with E-state index in [0.29, 0.717) is 40.8 Å². The average molecular weight is 437 g/mol. The van der Waals surface area contributed by atoms with Gasteiger partial charge in [-0.1, -0.05) is 30.8 Å². The Kier molecular flexibility index (Phi) is 6.08. The van der Waals surface area contributed by atoms with Crippen LogP contribution in [0, 0.1) is 0 Å². The fourth-order valence-electron chi connectivity index (χ4n) is 3.60. The zero-order chi connectivity index (χ0) is 22.0. The third-order valence-electron chi connectivity index (χ3n) is 5.05. The van der Waals surface area contributed by atoms with Crippen molar-refractivity contribution in [3.8, 4) is 5.75 Å². The van der Waals surface area contributed by atoms with Crippen LogP contribution in [0.2, 0.25) is 0 Å². The quantitative estimate of drug-likeness (QED) is 0.302. The lowest BCUT2D eigenvalue weighted by molar-refractivity contribution is 0.101. The van der Waals surface area contributed by atoms with Gasteiger partial charge >= 0.3 is 0 Å². The standard InChI is InChI=1S/C23H24N4O3S/c1-4-12-26-21(29)18-8-6-7-9-19(18)27-22(26)24-25-23(27)31-14-17-13-16(15(3)28)10-11-20(17)30-5-2/h6-11,13H,4-5,12,14H2,1-3H3. The van der Waals surface area contributed by atoms with E-state index in [1.54, 1.807) is 17.6 Å². The zero-order valence-electron chi connectivity index (χ0n) is 17.8. The summed E-state index contributed by atoms with van der Waals surface area (Å²) in [6.45, 7) is 6.63. The number of benzene rings is 2. The number of ether oxygens (including phenoxy) is 1. The van der Waals surface area contributed by atoms with Gasteiger partial charge in [-0.05, 0) is 50.6 Å². The Morgan fingerprint density at radius 3 is 2.68 bits per heavy atom. The van der Waals surface area contributed by atoms with E-state index in [1.807, 2.05) is 54.6 Å². The smallest absolute Gasteiger partial charge is 0.262 e. The molecule has 4 rings (SSSR count). The number of aryl methyl sites for hydroxylation is 1. The Morgan fingerprint density at radius 1 is 1.13 bits per heavy atom. The van der Waals surface area contributed by atoms with Gasteiger partial charge in [0.1, 0.15) is 5.75 Å². The molecule has 0 fully saturated rings. The second-order valence-electron chi connectivity index (χ2n) is 7.19. The molecule has 0 amide bonds. The van der Waals surface area contributed by atoms with Crippen molar-refractivity contribution in [2.75, 3.05) is 6.61 Å². The lowest BCUT2D eigenvalue weighted by Gasteiger charge is -2.12. The van der Waals surface area contributed by atoms with E-state index in [4.69, 9.17) is 4.74 Å². The predicted molar refractivity (Wildman–Crippen MR) is 122 cm³/mol. The minimum absolute atomic E-state index is 0.0109. The van der Waals surface area contributed by atoms with Crippen LogP contribution in [0.25, 0.3) is 16.7 Å². The van der Waals surface area contributed by atoms with Crippen LogP contribution in [0.5, 0.6) is 5.75 Å². The first-order chi connectivity index (χ1) is 15.0. The van der Waals surface area contributed by atoms with E-state index < -0.39 is 0 Å². The summed E-state index contributed by atoms with van der Waals surface area (Å²) in [6.07, 6.45) is 0.818.